The Morgan fingerprint density at radius 2 is 2.28 bits per heavy atom. The van der Waals surface area contributed by atoms with Crippen molar-refractivity contribution in [3.63, 3.8) is 0 Å². The smallest absolute Gasteiger partial charge is 0.305 e. The summed E-state index contributed by atoms with van der Waals surface area (Å²) in [6.07, 6.45) is 2.01. The van der Waals surface area contributed by atoms with E-state index in [1.54, 1.807) is 17.8 Å². The van der Waals surface area contributed by atoms with Gasteiger partial charge in [-0.05, 0) is 26.2 Å². The molecular formula is C11H14N4O2S. The van der Waals surface area contributed by atoms with Gasteiger partial charge in [0.15, 0.2) is 0 Å². The van der Waals surface area contributed by atoms with E-state index in [0.717, 1.165) is 0 Å². The minimum atomic E-state index is -0.610. The van der Waals surface area contributed by atoms with Crippen molar-refractivity contribution in [3.8, 4) is 6.07 Å². The molecule has 0 spiro atoms. The van der Waals surface area contributed by atoms with Crippen LogP contribution < -0.4 is 5.32 Å². The highest BCUT2D eigenvalue weighted by atomic mass is 32.2. The zero-order chi connectivity index (χ0) is 13.8. The Labute approximate surface area is 110 Å². The third-order valence-electron chi connectivity index (χ3n) is 2.42. The Balaban J connectivity index is 2.88. The maximum Gasteiger partial charge on any atom is 0.305 e. The third kappa shape index (κ3) is 3.60. The van der Waals surface area contributed by atoms with Gasteiger partial charge >= 0.3 is 5.69 Å². The van der Waals surface area contributed by atoms with Gasteiger partial charge in [0.1, 0.15) is 11.9 Å². The maximum atomic E-state index is 10.6. The SMILES string of the molecule is CSC(C)(C)CNc1ccc([N+](=O)[O-])c(C#N)n1. The van der Waals surface area contributed by atoms with Crippen molar-refractivity contribution in [2.24, 2.45) is 0 Å². The Morgan fingerprint density at radius 1 is 1.61 bits per heavy atom. The Kier molecular flexibility index (Phi) is 4.50. The summed E-state index contributed by atoms with van der Waals surface area (Å²) in [5.41, 5.74) is -0.445. The van der Waals surface area contributed by atoms with E-state index in [9.17, 15) is 10.1 Å². The molecule has 6 nitrogen and oxygen atoms in total. The lowest BCUT2D eigenvalue weighted by Crippen LogP contribution is -2.26. The molecule has 0 radical (unpaired) electrons. The highest BCUT2D eigenvalue weighted by Gasteiger charge is 2.18. The molecule has 0 aromatic carbocycles. The second-order valence-electron chi connectivity index (χ2n) is 4.25. The van der Waals surface area contributed by atoms with E-state index in [2.05, 4.69) is 24.1 Å². The largest absolute Gasteiger partial charge is 0.369 e. The molecular weight excluding hydrogens is 252 g/mol. The fourth-order valence-electron chi connectivity index (χ4n) is 1.16. The zero-order valence-electron chi connectivity index (χ0n) is 10.4. The normalized spacial score (nSPS) is 10.8. The van der Waals surface area contributed by atoms with Gasteiger partial charge in [0.2, 0.25) is 5.69 Å². The first-order chi connectivity index (χ1) is 8.39. The summed E-state index contributed by atoms with van der Waals surface area (Å²) in [6, 6.07) is 4.53. The van der Waals surface area contributed by atoms with Crippen LogP contribution in [0.25, 0.3) is 0 Å². The molecule has 7 heteroatoms. The lowest BCUT2D eigenvalue weighted by molar-refractivity contribution is -0.385. The predicted molar refractivity (Wildman–Crippen MR) is 71.7 cm³/mol. The fourth-order valence-corrected chi connectivity index (χ4v) is 1.37. The molecule has 0 saturated carbocycles. The summed E-state index contributed by atoms with van der Waals surface area (Å²) < 4.78 is 0.0241. The Hall–Kier alpha value is -1.81. The van der Waals surface area contributed by atoms with Gasteiger partial charge in [0.05, 0.1) is 4.92 Å². The molecule has 0 aliphatic rings. The number of hydrogen-bond acceptors (Lipinski definition) is 6. The summed E-state index contributed by atoms with van der Waals surface area (Å²) in [4.78, 5) is 14.0. The number of nitrogens with one attached hydrogen (secondary N) is 1. The molecule has 96 valence electrons. The first-order valence-electron chi connectivity index (χ1n) is 5.24. The molecule has 1 N–H and O–H groups in total. The second kappa shape index (κ2) is 5.69. The number of nitro groups is 1. The first-order valence-corrected chi connectivity index (χ1v) is 6.46. The van der Waals surface area contributed by atoms with E-state index in [1.165, 1.54) is 12.1 Å². The number of hydrogen-bond donors (Lipinski definition) is 1. The van der Waals surface area contributed by atoms with Crippen LogP contribution in [0, 0.1) is 21.4 Å². The number of anilines is 1. The van der Waals surface area contributed by atoms with E-state index >= 15 is 0 Å². The molecule has 0 atom stereocenters. The lowest BCUT2D eigenvalue weighted by atomic mass is 10.2. The van der Waals surface area contributed by atoms with Crippen LogP contribution in [-0.2, 0) is 0 Å². The summed E-state index contributed by atoms with van der Waals surface area (Å²) in [7, 11) is 0. The van der Waals surface area contributed by atoms with Crippen LogP contribution in [0.2, 0.25) is 0 Å². The van der Waals surface area contributed by atoms with Gasteiger partial charge in [-0.2, -0.15) is 17.0 Å². The third-order valence-corrected chi connectivity index (χ3v) is 3.67. The van der Waals surface area contributed by atoms with E-state index < -0.39 is 4.92 Å². The van der Waals surface area contributed by atoms with Gasteiger partial charge in [0, 0.05) is 17.4 Å². The molecule has 0 fully saturated rings. The maximum absolute atomic E-state index is 10.6. The summed E-state index contributed by atoms with van der Waals surface area (Å²) in [5.74, 6) is 0.472. The summed E-state index contributed by atoms with van der Waals surface area (Å²) in [5, 5.41) is 22.5. The molecule has 0 unspecified atom stereocenters. The van der Waals surface area contributed by atoms with Crippen LogP contribution >= 0.6 is 11.8 Å². The number of thioether (sulfide) groups is 1. The Bertz CT molecular complexity index is 496. The van der Waals surface area contributed by atoms with Crippen molar-refractivity contribution in [2.45, 2.75) is 18.6 Å². The van der Waals surface area contributed by atoms with Crippen molar-refractivity contribution < 1.29 is 4.92 Å². The summed E-state index contributed by atoms with van der Waals surface area (Å²) >= 11 is 1.70. The van der Waals surface area contributed by atoms with Crippen LogP contribution in [0.3, 0.4) is 0 Å². The van der Waals surface area contributed by atoms with Gasteiger partial charge in [-0.15, -0.1) is 0 Å². The average Bonchev–Trinajstić information content (AvgIpc) is 2.36. The van der Waals surface area contributed by atoms with E-state index in [0.29, 0.717) is 12.4 Å². The van der Waals surface area contributed by atoms with Crippen molar-refractivity contribution >= 4 is 23.3 Å². The van der Waals surface area contributed by atoms with Crippen LogP contribution in [0.15, 0.2) is 12.1 Å². The molecule has 0 bridgehead atoms. The first kappa shape index (κ1) is 14.3. The fraction of sp³-hybridized carbons (Fsp3) is 0.455. The minimum absolute atomic E-state index is 0.0241. The van der Waals surface area contributed by atoms with Gasteiger partial charge < -0.3 is 5.32 Å². The van der Waals surface area contributed by atoms with Crippen LogP contribution in [0.1, 0.15) is 19.5 Å². The number of pyridine rings is 1. The number of rotatable bonds is 5. The van der Waals surface area contributed by atoms with Crippen LogP contribution in [0.4, 0.5) is 11.5 Å². The quantitative estimate of drug-likeness (QED) is 0.650. The summed E-state index contributed by atoms with van der Waals surface area (Å²) in [6.45, 7) is 4.80. The van der Waals surface area contributed by atoms with Gasteiger partial charge in [-0.25, -0.2) is 4.98 Å². The highest BCUT2D eigenvalue weighted by Crippen LogP contribution is 2.22. The Morgan fingerprint density at radius 3 is 2.78 bits per heavy atom. The van der Waals surface area contributed by atoms with Gasteiger partial charge in [0.25, 0.3) is 0 Å². The van der Waals surface area contributed by atoms with Gasteiger partial charge in [-0.3, -0.25) is 10.1 Å². The van der Waals surface area contributed by atoms with E-state index in [-0.39, 0.29) is 16.1 Å². The van der Waals surface area contributed by atoms with Crippen molar-refractivity contribution in [3.05, 3.63) is 27.9 Å². The zero-order valence-corrected chi connectivity index (χ0v) is 11.2. The van der Waals surface area contributed by atoms with Crippen molar-refractivity contribution in [1.29, 1.82) is 5.26 Å². The average molecular weight is 266 g/mol. The number of nitrogens with zero attached hydrogens (tertiary/aromatic N) is 3. The predicted octanol–water partition coefficient (Wildman–Crippen LogP) is 2.41. The molecule has 0 saturated heterocycles. The second-order valence-corrected chi connectivity index (χ2v) is 5.76. The number of aromatic nitrogens is 1. The molecule has 0 amide bonds. The van der Waals surface area contributed by atoms with Crippen molar-refractivity contribution in [2.75, 3.05) is 18.1 Å². The standard InChI is InChI=1S/C11H14N4O2S/c1-11(2,18-3)7-13-10-5-4-9(15(16)17)8(6-12)14-10/h4-5H,7H2,1-3H3,(H,13,14). The lowest BCUT2D eigenvalue weighted by Gasteiger charge is -2.22. The molecule has 0 aliphatic carbocycles. The van der Waals surface area contributed by atoms with Crippen molar-refractivity contribution in [1.82, 2.24) is 4.98 Å². The monoisotopic (exact) mass is 266 g/mol. The number of nitriles is 1. The molecule has 1 aromatic rings. The molecule has 18 heavy (non-hydrogen) atoms. The molecule has 1 rings (SSSR count). The van der Waals surface area contributed by atoms with E-state index in [4.69, 9.17) is 5.26 Å². The molecule has 0 aliphatic heterocycles. The molecule has 1 aromatic heterocycles. The highest BCUT2D eigenvalue weighted by molar-refractivity contribution is 7.99. The van der Waals surface area contributed by atoms with Crippen LogP contribution in [-0.4, -0.2) is 27.5 Å². The minimum Gasteiger partial charge on any atom is -0.369 e. The van der Waals surface area contributed by atoms with Gasteiger partial charge in [-0.1, -0.05) is 0 Å². The topological polar surface area (TPSA) is 91.9 Å². The van der Waals surface area contributed by atoms with E-state index in [1.807, 2.05) is 6.26 Å². The van der Waals surface area contributed by atoms with Crippen LogP contribution in [0.5, 0.6) is 0 Å². The molecule has 1 heterocycles.